The van der Waals surface area contributed by atoms with E-state index in [1.165, 1.54) is 11.8 Å². The molecule has 1 aliphatic carbocycles. The molecular formula is C20H22N4OS2. The monoisotopic (exact) mass is 398 g/mol. The summed E-state index contributed by atoms with van der Waals surface area (Å²) in [6.07, 6.45) is 2.29. The maximum Gasteiger partial charge on any atom is 0.237 e. The molecule has 4 rings (SSSR count). The fraction of sp³-hybridized carbons (Fsp3) is 0.350. The van der Waals surface area contributed by atoms with Crippen LogP contribution in [0.25, 0.3) is 10.7 Å². The summed E-state index contributed by atoms with van der Waals surface area (Å²) >= 11 is 3.14. The molecular weight excluding hydrogens is 376 g/mol. The molecule has 5 nitrogen and oxygen atoms in total. The first-order valence-electron chi connectivity index (χ1n) is 9.07. The summed E-state index contributed by atoms with van der Waals surface area (Å²) in [7, 11) is 0. The second-order valence-corrected chi connectivity index (χ2v) is 9.16. The van der Waals surface area contributed by atoms with E-state index < -0.39 is 0 Å². The Hall–Kier alpha value is -2.12. The topological polar surface area (TPSA) is 59.8 Å². The number of para-hydroxylation sites is 1. The van der Waals surface area contributed by atoms with Crippen molar-refractivity contribution >= 4 is 34.7 Å². The van der Waals surface area contributed by atoms with Crippen LogP contribution in [0.4, 0.5) is 5.69 Å². The van der Waals surface area contributed by atoms with Crippen molar-refractivity contribution in [2.75, 3.05) is 5.32 Å². The summed E-state index contributed by atoms with van der Waals surface area (Å²) in [4.78, 5) is 13.9. The molecule has 7 heteroatoms. The molecule has 27 heavy (non-hydrogen) atoms. The van der Waals surface area contributed by atoms with Gasteiger partial charge in [0.25, 0.3) is 0 Å². The van der Waals surface area contributed by atoms with Gasteiger partial charge in [-0.15, -0.1) is 21.5 Å². The molecule has 0 spiro atoms. The molecule has 0 radical (unpaired) electrons. The van der Waals surface area contributed by atoms with Crippen molar-refractivity contribution in [3.8, 4) is 10.7 Å². The van der Waals surface area contributed by atoms with Gasteiger partial charge in [0.1, 0.15) is 0 Å². The first-order chi connectivity index (χ1) is 13.0. The summed E-state index contributed by atoms with van der Waals surface area (Å²) in [5, 5.41) is 14.5. The first kappa shape index (κ1) is 18.3. The lowest BCUT2D eigenvalue weighted by Gasteiger charge is -2.15. The Labute approximate surface area is 167 Å². The Morgan fingerprint density at radius 2 is 1.96 bits per heavy atom. The van der Waals surface area contributed by atoms with Crippen LogP contribution in [-0.2, 0) is 4.79 Å². The number of carbonyl (C=O) groups excluding carboxylic acids is 1. The number of hydrogen-bond donors (Lipinski definition) is 1. The Morgan fingerprint density at radius 3 is 2.59 bits per heavy atom. The lowest BCUT2D eigenvalue weighted by atomic mass is 10.1. The quantitative estimate of drug-likeness (QED) is 0.589. The second kappa shape index (κ2) is 7.48. The molecule has 1 N–H and O–H groups in total. The van der Waals surface area contributed by atoms with Crippen LogP contribution >= 0.6 is 23.1 Å². The molecule has 1 fully saturated rings. The summed E-state index contributed by atoms with van der Waals surface area (Å²) < 4.78 is 2.21. The number of thiophene rings is 1. The number of anilines is 1. The Balaban J connectivity index is 1.53. The van der Waals surface area contributed by atoms with Gasteiger partial charge in [-0.05, 0) is 56.2 Å². The van der Waals surface area contributed by atoms with E-state index in [9.17, 15) is 4.79 Å². The van der Waals surface area contributed by atoms with Crippen LogP contribution in [0, 0.1) is 13.8 Å². The number of nitrogens with one attached hydrogen (secondary N) is 1. The molecule has 0 saturated heterocycles. The zero-order valence-corrected chi connectivity index (χ0v) is 17.2. The molecule has 2 aromatic heterocycles. The Bertz CT molecular complexity index is 940. The summed E-state index contributed by atoms with van der Waals surface area (Å²) in [6, 6.07) is 10.6. The molecule has 1 amide bonds. The van der Waals surface area contributed by atoms with Gasteiger partial charge < -0.3 is 5.32 Å². The maximum atomic E-state index is 12.8. The molecule has 1 aliphatic rings. The van der Waals surface area contributed by atoms with Crippen LogP contribution in [0.15, 0.2) is 40.9 Å². The maximum absolute atomic E-state index is 12.8. The highest BCUT2D eigenvalue weighted by Gasteiger charge is 2.31. The number of hydrogen-bond acceptors (Lipinski definition) is 5. The van der Waals surface area contributed by atoms with E-state index in [1.807, 2.05) is 45.0 Å². The minimum Gasteiger partial charge on any atom is -0.325 e. The third-order valence-corrected chi connectivity index (χ3v) is 6.62. The molecule has 3 aromatic rings. The zero-order valence-electron chi connectivity index (χ0n) is 15.6. The van der Waals surface area contributed by atoms with Crippen LogP contribution < -0.4 is 5.32 Å². The van der Waals surface area contributed by atoms with Gasteiger partial charge in [-0.3, -0.25) is 9.36 Å². The number of rotatable bonds is 6. The highest BCUT2D eigenvalue weighted by atomic mass is 32.2. The van der Waals surface area contributed by atoms with E-state index >= 15 is 0 Å². The van der Waals surface area contributed by atoms with Crippen LogP contribution in [0.2, 0.25) is 0 Å². The van der Waals surface area contributed by atoms with E-state index in [2.05, 4.69) is 31.5 Å². The molecule has 0 bridgehead atoms. The van der Waals surface area contributed by atoms with Gasteiger partial charge in [-0.2, -0.15) is 0 Å². The summed E-state index contributed by atoms with van der Waals surface area (Å²) in [6.45, 7) is 5.94. The van der Waals surface area contributed by atoms with Crippen molar-refractivity contribution in [3.63, 3.8) is 0 Å². The van der Waals surface area contributed by atoms with Gasteiger partial charge in [0.15, 0.2) is 11.0 Å². The van der Waals surface area contributed by atoms with Crippen molar-refractivity contribution in [2.45, 2.75) is 50.1 Å². The Kier molecular flexibility index (Phi) is 5.06. The largest absolute Gasteiger partial charge is 0.325 e. The molecule has 1 atom stereocenters. The van der Waals surface area contributed by atoms with Crippen LogP contribution in [-0.4, -0.2) is 25.9 Å². The molecule has 0 unspecified atom stereocenters. The standard InChI is InChI=1S/C20H22N4OS2/c1-12-6-4-7-13(2)17(12)21-19(25)14(3)27-20-23-22-18(16-8-5-11-26-16)24(20)15-9-10-15/h4-8,11,14-15H,9-10H2,1-3H3,(H,21,25)/t14-/m1/s1. The van der Waals surface area contributed by atoms with E-state index in [1.54, 1.807) is 11.3 Å². The van der Waals surface area contributed by atoms with Gasteiger partial charge in [-0.1, -0.05) is 36.0 Å². The third kappa shape index (κ3) is 3.80. The minimum absolute atomic E-state index is 0.0135. The number of nitrogens with zero attached hydrogens (tertiary/aromatic N) is 3. The molecule has 0 aliphatic heterocycles. The van der Waals surface area contributed by atoms with Gasteiger partial charge in [0.05, 0.1) is 10.1 Å². The highest BCUT2D eigenvalue weighted by molar-refractivity contribution is 8.00. The van der Waals surface area contributed by atoms with E-state index in [-0.39, 0.29) is 11.2 Å². The molecule has 140 valence electrons. The fourth-order valence-corrected chi connectivity index (χ4v) is 4.67. The van der Waals surface area contributed by atoms with Crippen molar-refractivity contribution in [1.29, 1.82) is 0 Å². The number of amides is 1. The van der Waals surface area contributed by atoms with Crippen molar-refractivity contribution < 1.29 is 4.79 Å². The highest BCUT2D eigenvalue weighted by Crippen LogP contribution is 2.42. The predicted octanol–water partition coefficient (Wildman–Crippen LogP) is 5.08. The summed E-state index contributed by atoms with van der Waals surface area (Å²) in [5.41, 5.74) is 3.04. The van der Waals surface area contributed by atoms with Crippen LogP contribution in [0.5, 0.6) is 0 Å². The van der Waals surface area contributed by atoms with Crippen LogP contribution in [0.1, 0.15) is 36.9 Å². The number of aromatic nitrogens is 3. The molecule has 2 heterocycles. The van der Waals surface area contributed by atoms with Crippen molar-refractivity contribution in [2.24, 2.45) is 0 Å². The normalized spacial score (nSPS) is 14.9. The molecule has 1 aromatic carbocycles. The lowest BCUT2D eigenvalue weighted by Crippen LogP contribution is -2.23. The first-order valence-corrected chi connectivity index (χ1v) is 10.8. The fourth-order valence-electron chi connectivity index (χ4n) is 3.04. The van der Waals surface area contributed by atoms with Gasteiger partial charge in [0, 0.05) is 11.7 Å². The van der Waals surface area contributed by atoms with Crippen molar-refractivity contribution in [1.82, 2.24) is 14.8 Å². The predicted molar refractivity (Wildman–Crippen MR) is 111 cm³/mol. The van der Waals surface area contributed by atoms with E-state index in [0.717, 1.165) is 45.5 Å². The van der Waals surface area contributed by atoms with E-state index in [4.69, 9.17) is 0 Å². The zero-order chi connectivity index (χ0) is 19.0. The van der Waals surface area contributed by atoms with Crippen molar-refractivity contribution in [3.05, 3.63) is 46.8 Å². The van der Waals surface area contributed by atoms with Crippen LogP contribution in [0.3, 0.4) is 0 Å². The average molecular weight is 399 g/mol. The SMILES string of the molecule is Cc1cccc(C)c1NC(=O)[C@@H](C)Sc1nnc(-c2cccs2)n1C1CC1. The van der Waals surface area contributed by atoms with Gasteiger partial charge >= 0.3 is 0 Å². The number of carbonyl (C=O) groups is 1. The second-order valence-electron chi connectivity index (χ2n) is 6.90. The number of thioether (sulfide) groups is 1. The van der Waals surface area contributed by atoms with Gasteiger partial charge in [0.2, 0.25) is 5.91 Å². The number of benzene rings is 1. The summed E-state index contributed by atoms with van der Waals surface area (Å²) in [5.74, 6) is 0.901. The van der Waals surface area contributed by atoms with E-state index in [0.29, 0.717) is 6.04 Å². The average Bonchev–Trinajstić information content (AvgIpc) is 3.17. The smallest absolute Gasteiger partial charge is 0.237 e. The minimum atomic E-state index is -0.262. The number of aryl methyl sites for hydroxylation is 2. The molecule has 1 saturated carbocycles. The van der Waals surface area contributed by atoms with Gasteiger partial charge in [-0.25, -0.2) is 0 Å². The lowest BCUT2D eigenvalue weighted by molar-refractivity contribution is -0.115. The third-order valence-electron chi connectivity index (χ3n) is 4.70. The Morgan fingerprint density at radius 1 is 1.22 bits per heavy atom.